The van der Waals surface area contributed by atoms with Crippen molar-refractivity contribution in [1.82, 2.24) is 4.98 Å². The van der Waals surface area contributed by atoms with E-state index in [0.717, 1.165) is 0 Å². The second-order valence-electron chi connectivity index (χ2n) is 3.67. The maximum absolute atomic E-state index is 13.5. The second kappa shape index (κ2) is 5.33. The summed E-state index contributed by atoms with van der Waals surface area (Å²) in [7, 11) is 1.47. The van der Waals surface area contributed by atoms with Crippen LogP contribution in [0.5, 0.6) is 5.75 Å². The first-order valence-electron chi connectivity index (χ1n) is 5.25. The van der Waals surface area contributed by atoms with Gasteiger partial charge in [-0.25, -0.2) is 4.39 Å². The summed E-state index contributed by atoms with van der Waals surface area (Å²) in [6.07, 6.45) is 0.270. The highest BCUT2D eigenvalue weighted by Gasteiger charge is 2.17. The van der Waals surface area contributed by atoms with Gasteiger partial charge in [0, 0.05) is 6.20 Å². The van der Waals surface area contributed by atoms with Crippen LogP contribution in [0, 0.1) is 5.82 Å². The van der Waals surface area contributed by atoms with Gasteiger partial charge in [-0.2, -0.15) is 0 Å². The van der Waals surface area contributed by atoms with Crippen LogP contribution < -0.4 is 4.74 Å². The lowest BCUT2D eigenvalue weighted by Crippen LogP contribution is -2.05. The molecule has 5 heteroatoms. The lowest BCUT2D eigenvalue weighted by Gasteiger charge is -2.13. The van der Waals surface area contributed by atoms with E-state index in [-0.39, 0.29) is 5.69 Å². The smallest absolute Gasteiger partial charge is 0.147 e. The fourth-order valence-electron chi connectivity index (χ4n) is 1.60. The number of halogens is 2. The van der Waals surface area contributed by atoms with Crippen LogP contribution in [0.25, 0.3) is 0 Å². The number of nitrogens with zero attached hydrogens (tertiary/aromatic N) is 1. The Morgan fingerprint density at radius 1 is 1.39 bits per heavy atom. The van der Waals surface area contributed by atoms with Gasteiger partial charge in [-0.15, -0.1) is 0 Å². The van der Waals surface area contributed by atoms with Gasteiger partial charge < -0.3 is 9.84 Å². The molecule has 0 saturated heterocycles. The largest absolute Gasteiger partial charge is 0.495 e. The van der Waals surface area contributed by atoms with E-state index in [2.05, 4.69) is 4.98 Å². The van der Waals surface area contributed by atoms with Crippen molar-refractivity contribution in [3.05, 3.63) is 58.6 Å². The van der Waals surface area contributed by atoms with E-state index in [1.54, 1.807) is 18.2 Å². The number of pyridine rings is 1. The summed E-state index contributed by atoms with van der Waals surface area (Å²) in [6.45, 7) is 0. The molecular formula is C13H11ClFNO2. The molecule has 3 nitrogen and oxygen atoms in total. The third-order valence-corrected chi connectivity index (χ3v) is 2.85. The molecule has 18 heavy (non-hydrogen) atoms. The normalized spacial score (nSPS) is 12.2. The molecule has 0 bridgehead atoms. The summed E-state index contributed by atoms with van der Waals surface area (Å²) in [5.74, 6) is -0.136. The van der Waals surface area contributed by atoms with Crippen molar-refractivity contribution in [2.45, 2.75) is 6.10 Å². The third kappa shape index (κ3) is 2.44. The van der Waals surface area contributed by atoms with Gasteiger partial charge in [0.2, 0.25) is 0 Å². The van der Waals surface area contributed by atoms with Gasteiger partial charge >= 0.3 is 0 Å². The molecule has 0 aliphatic heterocycles. The van der Waals surface area contributed by atoms with Crippen molar-refractivity contribution in [2.24, 2.45) is 0 Å². The number of aliphatic hydroxyl groups excluding tert-OH is 1. The average molecular weight is 268 g/mol. The summed E-state index contributed by atoms with van der Waals surface area (Å²) in [5.41, 5.74) is 0.440. The molecule has 2 rings (SSSR count). The van der Waals surface area contributed by atoms with Crippen molar-refractivity contribution in [3.63, 3.8) is 0 Å². The summed E-state index contributed by atoms with van der Waals surface area (Å²) in [4.78, 5) is 3.83. The molecule has 2 aromatic rings. The molecule has 0 aliphatic rings. The first-order valence-corrected chi connectivity index (χ1v) is 5.63. The van der Waals surface area contributed by atoms with E-state index in [4.69, 9.17) is 16.3 Å². The third-order valence-electron chi connectivity index (χ3n) is 2.54. The number of hydrogen-bond acceptors (Lipinski definition) is 3. The van der Waals surface area contributed by atoms with Gasteiger partial charge in [-0.05, 0) is 29.8 Å². The molecule has 0 radical (unpaired) electrons. The molecule has 1 N–H and O–H groups in total. The minimum absolute atomic E-state index is 0.0260. The van der Waals surface area contributed by atoms with E-state index in [1.807, 2.05) is 0 Å². The maximum atomic E-state index is 13.5. The predicted molar refractivity (Wildman–Crippen MR) is 66.3 cm³/mol. The molecule has 0 fully saturated rings. The Balaban J connectivity index is 2.40. The molecule has 1 aromatic heterocycles. The summed E-state index contributed by atoms with van der Waals surface area (Å²) < 4.78 is 18.6. The van der Waals surface area contributed by atoms with Crippen LogP contribution >= 0.6 is 11.6 Å². The van der Waals surface area contributed by atoms with Crippen LogP contribution in [0.15, 0.2) is 36.5 Å². The number of methoxy groups -OCH3 is 1. The van der Waals surface area contributed by atoms with E-state index in [1.165, 1.54) is 25.4 Å². The van der Waals surface area contributed by atoms with Gasteiger partial charge in [-0.1, -0.05) is 17.7 Å². The number of aliphatic hydroxyl groups is 1. The number of benzene rings is 1. The van der Waals surface area contributed by atoms with Crippen LogP contribution in [0.2, 0.25) is 5.02 Å². The zero-order valence-corrected chi connectivity index (χ0v) is 10.4. The van der Waals surface area contributed by atoms with Crippen molar-refractivity contribution in [2.75, 3.05) is 7.11 Å². The zero-order chi connectivity index (χ0) is 13.1. The summed E-state index contributed by atoms with van der Waals surface area (Å²) >= 11 is 5.88. The number of hydrogen-bond donors (Lipinski definition) is 1. The summed E-state index contributed by atoms with van der Waals surface area (Å²) in [5, 5.41) is 10.5. The Morgan fingerprint density at radius 3 is 2.83 bits per heavy atom. The van der Waals surface area contributed by atoms with Gasteiger partial charge in [-0.3, -0.25) is 4.98 Å². The second-order valence-corrected chi connectivity index (χ2v) is 4.07. The Hall–Kier alpha value is -1.65. The highest BCUT2D eigenvalue weighted by atomic mass is 35.5. The minimum Gasteiger partial charge on any atom is -0.495 e. The van der Waals surface area contributed by atoms with E-state index < -0.39 is 11.9 Å². The zero-order valence-electron chi connectivity index (χ0n) is 9.60. The van der Waals surface area contributed by atoms with Crippen LogP contribution in [-0.4, -0.2) is 17.2 Å². The van der Waals surface area contributed by atoms with Crippen molar-refractivity contribution in [3.8, 4) is 5.75 Å². The van der Waals surface area contributed by atoms with E-state index >= 15 is 0 Å². The quantitative estimate of drug-likeness (QED) is 0.930. The lowest BCUT2D eigenvalue weighted by molar-refractivity contribution is 0.209. The van der Waals surface area contributed by atoms with Crippen molar-refractivity contribution < 1.29 is 14.2 Å². The molecule has 94 valence electrons. The standard InChI is InChI=1S/C13H11ClFNO2/c1-18-11-7-8(4-5-9(11)14)13(17)12-10(15)3-2-6-16-12/h2-7,13,17H,1H3. The predicted octanol–water partition coefficient (Wildman–Crippen LogP) is 2.96. The van der Waals surface area contributed by atoms with Gasteiger partial charge in [0.05, 0.1) is 12.1 Å². The first kappa shape index (κ1) is 12.8. The Labute approximate surface area is 109 Å². The molecule has 1 heterocycles. The Morgan fingerprint density at radius 2 is 2.17 bits per heavy atom. The van der Waals surface area contributed by atoms with Gasteiger partial charge in [0.15, 0.2) is 0 Å². The molecule has 0 aliphatic carbocycles. The van der Waals surface area contributed by atoms with E-state index in [9.17, 15) is 9.50 Å². The lowest BCUT2D eigenvalue weighted by atomic mass is 10.1. The maximum Gasteiger partial charge on any atom is 0.147 e. The number of rotatable bonds is 3. The van der Waals surface area contributed by atoms with Gasteiger partial charge in [0.1, 0.15) is 23.4 Å². The topological polar surface area (TPSA) is 42.4 Å². The van der Waals surface area contributed by atoms with Crippen LogP contribution in [0.4, 0.5) is 4.39 Å². The molecule has 0 saturated carbocycles. The fourth-order valence-corrected chi connectivity index (χ4v) is 1.80. The minimum atomic E-state index is -1.16. The first-order chi connectivity index (χ1) is 8.63. The summed E-state index contributed by atoms with van der Waals surface area (Å²) in [6, 6.07) is 7.46. The Bertz CT molecular complexity index is 562. The van der Waals surface area contributed by atoms with E-state index in [0.29, 0.717) is 16.3 Å². The molecular weight excluding hydrogens is 257 g/mol. The van der Waals surface area contributed by atoms with Crippen LogP contribution in [-0.2, 0) is 0 Å². The molecule has 1 unspecified atom stereocenters. The highest BCUT2D eigenvalue weighted by Crippen LogP contribution is 2.30. The van der Waals surface area contributed by atoms with Crippen LogP contribution in [0.3, 0.4) is 0 Å². The average Bonchev–Trinajstić information content (AvgIpc) is 2.39. The van der Waals surface area contributed by atoms with Crippen molar-refractivity contribution in [1.29, 1.82) is 0 Å². The number of aromatic nitrogens is 1. The van der Waals surface area contributed by atoms with Crippen LogP contribution in [0.1, 0.15) is 17.4 Å². The SMILES string of the molecule is COc1cc(C(O)c2ncccc2F)ccc1Cl. The highest BCUT2D eigenvalue weighted by molar-refractivity contribution is 6.32. The molecule has 1 atom stereocenters. The van der Waals surface area contributed by atoms with Crippen molar-refractivity contribution >= 4 is 11.6 Å². The molecule has 1 aromatic carbocycles. The van der Waals surface area contributed by atoms with Gasteiger partial charge in [0.25, 0.3) is 0 Å². The molecule has 0 amide bonds. The Kier molecular flexibility index (Phi) is 3.79. The monoisotopic (exact) mass is 267 g/mol. The number of ether oxygens (including phenoxy) is 1. The fraction of sp³-hybridized carbons (Fsp3) is 0.154. The molecule has 0 spiro atoms.